The lowest BCUT2D eigenvalue weighted by Crippen LogP contribution is -2.36. The van der Waals surface area contributed by atoms with Crippen LogP contribution in [0.5, 0.6) is 5.75 Å². The number of amides is 1. The number of hydrogen-bond acceptors (Lipinski definition) is 4. The average Bonchev–Trinajstić information content (AvgIpc) is 2.61. The third kappa shape index (κ3) is 6.12. The fraction of sp³-hybridized carbons (Fsp3) is 0.263. The van der Waals surface area contributed by atoms with Crippen molar-refractivity contribution < 1.29 is 19.4 Å². The first kappa shape index (κ1) is 18.8. The second kappa shape index (κ2) is 9.08. The van der Waals surface area contributed by atoms with Gasteiger partial charge >= 0.3 is 5.97 Å². The molecule has 0 aliphatic rings. The molecule has 0 aromatic heterocycles. The number of aryl methyl sites for hydroxylation is 1. The van der Waals surface area contributed by atoms with Gasteiger partial charge < -0.3 is 15.2 Å². The Morgan fingerprint density at radius 2 is 1.92 bits per heavy atom. The van der Waals surface area contributed by atoms with E-state index in [1.165, 1.54) is 23.8 Å². The molecule has 0 bridgehead atoms. The molecule has 0 unspecified atom stereocenters. The molecule has 0 radical (unpaired) electrons. The fourth-order valence-corrected chi connectivity index (χ4v) is 2.47. The van der Waals surface area contributed by atoms with Gasteiger partial charge in [-0.15, -0.1) is 0 Å². The molecule has 2 rings (SSSR count). The molecular formula is C19H20ClNO4. The molecule has 0 aliphatic carbocycles. The number of halogens is 1. The van der Waals surface area contributed by atoms with E-state index in [9.17, 15) is 14.7 Å². The summed E-state index contributed by atoms with van der Waals surface area (Å²) in [7, 11) is 0. The number of benzene rings is 2. The molecule has 2 aromatic rings. The van der Waals surface area contributed by atoms with Gasteiger partial charge in [-0.2, -0.15) is 0 Å². The standard InChI is InChI=1S/C19H20ClNO4/c1-13(7-8-14-5-3-2-4-6-14)21-18(23)12-25-19(24)16-11-15(20)9-10-17(16)22/h2-6,9-11,13,22H,7-8,12H2,1H3,(H,21,23)/t13-/m1/s1. The van der Waals surface area contributed by atoms with Crippen molar-refractivity contribution in [2.24, 2.45) is 0 Å². The number of phenols is 1. The van der Waals surface area contributed by atoms with Gasteiger partial charge in [-0.25, -0.2) is 4.79 Å². The summed E-state index contributed by atoms with van der Waals surface area (Å²) in [4.78, 5) is 23.8. The predicted octanol–water partition coefficient (Wildman–Crippen LogP) is 3.34. The van der Waals surface area contributed by atoms with Gasteiger partial charge in [0.15, 0.2) is 6.61 Å². The molecule has 132 valence electrons. The molecule has 0 fully saturated rings. The molecule has 0 spiro atoms. The number of esters is 1. The Balaban J connectivity index is 1.76. The van der Waals surface area contributed by atoms with Crippen LogP contribution in [0.25, 0.3) is 0 Å². The maximum Gasteiger partial charge on any atom is 0.342 e. The first-order valence-corrected chi connectivity index (χ1v) is 8.32. The van der Waals surface area contributed by atoms with Crippen LogP contribution in [-0.4, -0.2) is 29.6 Å². The molecule has 1 amide bonds. The first-order chi connectivity index (χ1) is 12.0. The second-order valence-electron chi connectivity index (χ2n) is 5.73. The maximum absolute atomic E-state index is 11.9. The summed E-state index contributed by atoms with van der Waals surface area (Å²) in [6.07, 6.45) is 1.62. The van der Waals surface area contributed by atoms with Crippen LogP contribution < -0.4 is 5.32 Å². The number of hydrogen-bond donors (Lipinski definition) is 2. The van der Waals surface area contributed by atoms with E-state index in [-0.39, 0.29) is 17.4 Å². The van der Waals surface area contributed by atoms with E-state index in [1.54, 1.807) is 0 Å². The minimum absolute atomic E-state index is 0.0500. The van der Waals surface area contributed by atoms with Gasteiger partial charge in [0.25, 0.3) is 5.91 Å². The fourth-order valence-electron chi connectivity index (χ4n) is 2.30. The Hall–Kier alpha value is -2.53. The summed E-state index contributed by atoms with van der Waals surface area (Å²) in [5.74, 6) is -1.44. The highest BCUT2D eigenvalue weighted by molar-refractivity contribution is 6.31. The van der Waals surface area contributed by atoms with Crippen LogP contribution in [0.4, 0.5) is 0 Å². The minimum atomic E-state index is -0.799. The smallest absolute Gasteiger partial charge is 0.342 e. The van der Waals surface area contributed by atoms with E-state index in [4.69, 9.17) is 16.3 Å². The Morgan fingerprint density at radius 1 is 1.20 bits per heavy atom. The van der Waals surface area contributed by atoms with Gasteiger partial charge in [-0.1, -0.05) is 41.9 Å². The molecule has 0 saturated heterocycles. The van der Waals surface area contributed by atoms with Crippen molar-refractivity contribution in [1.29, 1.82) is 0 Å². The number of carbonyl (C=O) groups excluding carboxylic acids is 2. The van der Waals surface area contributed by atoms with Gasteiger partial charge in [0, 0.05) is 11.1 Å². The van der Waals surface area contributed by atoms with E-state index in [0.29, 0.717) is 5.02 Å². The zero-order chi connectivity index (χ0) is 18.2. The number of ether oxygens (including phenoxy) is 1. The quantitative estimate of drug-likeness (QED) is 0.741. The Morgan fingerprint density at radius 3 is 2.64 bits per heavy atom. The van der Waals surface area contributed by atoms with Crippen LogP contribution in [0.1, 0.15) is 29.3 Å². The molecule has 2 aromatic carbocycles. The third-order valence-electron chi connectivity index (χ3n) is 3.63. The van der Waals surface area contributed by atoms with Crippen LogP contribution in [0.3, 0.4) is 0 Å². The van der Waals surface area contributed by atoms with Crippen molar-refractivity contribution in [3.63, 3.8) is 0 Å². The van der Waals surface area contributed by atoms with Crippen LogP contribution in [0.2, 0.25) is 5.02 Å². The van der Waals surface area contributed by atoms with Gasteiger partial charge in [-0.3, -0.25) is 4.79 Å². The number of aromatic hydroxyl groups is 1. The number of rotatable bonds is 7. The summed E-state index contributed by atoms with van der Waals surface area (Å²) in [6, 6.07) is 14.0. The zero-order valence-electron chi connectivity index (χ0n) is 13.9. The first-order valence-electron chi connectivity index (χ1n) is 7.94. The lowest BCUT2D eigenvalue weighted by molar-refractivity contribution is -0.124. The summed E-state index contributed by atoms with van der Waals surface area (Å²) in [5, 5.41) is 12.7. The Kier molecular flexibility index (Phi) is 6.83. The lowest BCUT2D eigenvalue weighted by atomic mass is 10.1. The summed E-state index contributed by atoms with van der Waals surface area (Å²) in [6.45, 7) is 1.48. The van der Waals surface area contributed by atoms with Gasteiger partial charge in [0.05, 0.1) is 0 Å². The molecule has 0 aliphatic heterocycles. The summed E-state index contributed by atoms with van der Waals surface area (Å²) in [5.41, 5.74) is 1.13. The van der Waals surface area contributed by atoms with Gasteiger partial charge in [-0.05, 0) is 43.5 Å². The highest BCUT2D eigenvalue weighted by atomic mass is 35.5. The minimum Gasteiger partial charge on any atom is -0.507 e. The Bertz CT molecular complexity index is 733. The molecule has 6 heteroatoms. The van der Waals surface area contributed by atoms with E-state index >= 15 is 0 Å². The highest BCUT2D eigenvalue weighted by Gasteiger charge is 2.16. The van der Waals surface area contributed by atoms with Crippen molar-refractivity contribution in [3.05, 3.63) is 64.7 Å². The number of nitrogens with one attached hydrogen (secondary N) is 1. The predicted molar refractivity (Wildman–Crippen MR) is 95.8 cm³/mol. The third-order valence-corrected chi connectivity index (χ3v) is 3.86. The van der Waals surface area contributed by atoms with Crippen molar-refractivity contribution in [2.75, 3.05) is 6.61 Å². The van der Waals surface area contributed by atoms with E-state index in [2.05, 4.69) is 5.32 Å². The lowest BCUT2D eigenvalue weighted by Gasteiger charge is -2.14. The summed E-state index contributed by atoms with van der Waals surface area (Å²) < 4.78 is 4.92. The molecule has 5 nitrogen and oxygen atoms in total. The van der Waals surface area contributed by atoms with Crippen molar-refractivity contribution in [1.82, 2.24) is 5.32 Å². The highest BCUT2D eigenvalue weighted by Crippen LogP contribution is 2.22. The number of phenolic OH excluding ortho intramolecular Hbond substituents is 1. The molecule has 25 heavy (non-hydrogen) atoms. The molecule has 2 N–H and O–H groups in total. The van der Waals surface area contributed by atoms with Crippen molar-refractivity contribution in [2.45, 2.75) is 25.8 Å². The van der Waals surface area contributed by atoms with Crippen LogP contribution in [-0.2, 0) is 16.0 Å². The Labute approximate surface area is 151 Å². The zero-order valence-corrected chi connectivity index (χ0v) is 14.6. The van der Waals surface area contributed by atoms with Crippen molar-refractivity contribution >= 4 is 23.5 Å². The van der Waals surface area contributed by atoms with Crippen LogP contribution in [0.15, 0.2) is 48.5 Å². The largest absolute Gasteiger partial charge is 0.507 e. The molecule has 0 saturated carbocycles. The van der Waals surface area contributed by atoms with Crippen LogP contribution in [0, 0.1) is 0 Å². The van der Waals surface area contributed by atoms with Crippen LogP contribution >= 0.6 is 11.6 Å². The monoisotopic (exact) mass is 361 g/mol. The summed E-state index contributed by atoms with van der Waals surface area (Å²) >= 11 is 5.78. The topological polar surface area (TPSA) is 75.6 Å². The van der Waals surface area contributed by atoms with E-state index in [1.807, 2.05) is 37.3 Å². The second-order valence-corrected chi connectivity index (χ2v) is 6.17. The van der Waals surface area contributed by atoms with Crippen molar-refractivity contribution in [3.8, 4) is 5.75 Å². The number of carbonyl (C=O) groups is 2. The molecule has 0 heterocycles. The molecular weight excluding hydrogens is 342 g/mol. The van der Waals surface area contributed by atoms with E-state index < -0.39 is 18.5 Å². The average molecular weight is 362 g/mol. The maximum atomic E-state index is 11.9. The molecule has 1 atom stereocenters. The van der Waals surface area contributed by atoms with Gasteiger partial charge in [0.2, 0.25) is 0 Å². The SMILES string of the molecule is C[C@H](CCc1ccccc1)NC(=O)COC(=O)c1cc(Cl)ccc1O. The normalized spacial score (nSPS) is 11.6. The van der Waals surface area contributed by atoms with E-state index in [0.717, 1.165) is 12.8 Å². The van der Waals surface area contributed by atoms with Gasteiger partial charge in [0.1, 0.15) is 11.3 Å².